The summed E-state index contributed by atoms with van der Waals surface area (Å²) in [5.74, 6) is -0.221. The molecule has 5 nitrogen and oxygen atoms in total. The molecule has 178 valence electrons. The van der Waals surface area contributed by atoms with Crippen molar-refractivity contribution >= 4 is 22.7 Å². The number of aromatic nitrogens is 1. The minimum absolute atomic E-state index is 0.0666. The summed E-state index contributed by atoms with van der Waals surface area (Å²) in [4.78, 5) is 30.8. The zero-order valence-corrected chi connectivity index (χ0v) is 19.5. The van der Waals surface area contributed by atoms with Crippen molar-refractivity contribution in [1.82, 2.24) is 15.2 Å². The minimum atomic E-state index is -0.273. The summed E-state index contributed by atoms with van der Waals surface area (Å²) < 4.78 is 13.5. The highest BCUT2D eigenvalue weighted by atomic mass is 19.1. The van der Waals surface area contributed by atoms with Gasteiger partial charge in [-0.3, -0.25) is 9.59 Å². The van der Waals surface area contributed by atoms with Crippen molar-refractivity contribution in [2.75, 3.05) is 13.1 Å². The number of hydrogen-bond donors (Lipinski definition) is 2. The van der Waals surface area contributed by atoms with Crippen LogP contribution >= 0.6 is 0 Å². The Labute approximate surface area is 204 Å². The fourth-order valence-corrected chi connectivity index (χ4v) is 4.84. The number of hydrogen-bond acceptors (Lipinski definition) is 2. The minimum Gasteiger partial charge on any atom is -0.354 e. The number of piperidine rings is 1. The molecule has 0 atom stereocenters. The summed E-state index contributed by atoms with van der Waals surface area (Å²) in [5.41, 5.74) is 4.57. The van der Waals surface area contributed by atoms with E-state index in [0.717, 1.165) is 40.6 Å². The molecule has 0 unspecified atom stereocenters. The van der Waals surface area contributed by atoms with Crippen molar-refractivity contribution in [3.05, 3.63) is 95.8 Å². The molecule has 1 saturated heterocycles. The molecule has 1 aromatic heterocycles. The van der Waals surface area contributed by atoms with Crippen molar-refractivity contribution in [3.8, 4) is 11.3 Å². The number of carbonyl (C=O) groups is 2. The molecule has 2 N–H and O–H groups in total. The van der Waals surface area contributed by atoms with Crippen molar-refractivity contribution in [1.29, 1.82) is 0 Å². The Morgan fingerprint density at radius 3 is 2.34 bits per heavy atom. The first kappa shape index (κ1) is 22.8. The zero-order valence-electron chi connectivity index (χ0n) is 19.5. The molecule has 1 aliphatic heterocycles. The number of aromatic amines is 1. The van der Waals surface area contributed by atoms with Crippen LogP contribution in [0.1, 0.15) is 35.2 Å². The molecule has 2 amide bonds. The van der Waals surface area contributed by atoms with E-state index in [4.69, 9.17) is 0 Å². The van der Waals surface area contributed by atoms with Crippen LogP contribution in [0.15, 0.2) is 78.9 Å². The van der Waals surface area contributed by atoms with Gasteiger partial charge in [-0.25, -0.2) is 4.39 Å². The highest BCUT2D eigenvalue weighted by Crippen LogP contribution is 2.31. The number of para-hydroxylation sites is 1. The summed E-state index contributed by atoms with van der Waals surface area (Å²) in [6, 6.07) is 23.8. The summed E-state index contributed by atoms with van der Waals surface area (Å²) in [7, 11) is 0. The van der Waals surface area contributed by atoms with Crippen LogP contribution in [0.3, 0.4) is 0 Å². The Balaban J connectivity index is 1.22. The molecule has 1 aliphatic rings. The first-order chi connectivity index (χ1) is 17.1. The van der Waals surface area contributed by atoms with Gasteiger partial charge in [-0.15, -0.1) is 0 Å². The van der Waals surface area contributed by atoms with E-state index in [2.05, 4.69) is 16.4 Å². The van der Waals surface area contributed by atoms with Crippen molar-refractivity contribution < 1.29 is 14.0 Å². The first-order valence-electron chi connectivity index (χ1n) is 12.1. The third-order valence-electron chi connectivity index (χ3n) is 6.75. The van der Waals surface area contributed by atoms with E-state index >= 15 is 0 Å². The van der Waals surface area contributed by atoms with Gasteiger partial charge in [0.05, 0.1) is 0 Å². The van der Waals surface area contributed by atoms with Crippen LogP contribution in [0.5, 0.6) is 0 Å². The molecule has 2 heterocycles. The molecular formula is C29H28FN3O2. The van der Waals surface area contributed by atoms with Crippen LogP contribution in [0, 0.1) is 5.82 Å². The summed E-state index contributed by atoms with van der Waals surface area (Å²) in [6.07, 6.45) is 2.49. The average Bonchev–Trinajstić information content (AvgIpc) is 3.27. The number of nitrogens with zero attached hydrogens (tertiary/aromatic N) is 1. The van der Waals surface area contributed by atoms with Crippen molar-refractivity contribution in [2.45, 2.75) is 31.7 Å². The number of benzene rings is 3. The van der Waals surface area contributed by atoms with Gasteiger partial charge in [0.2, 0.25) is 5.91 Å². The van der Waals surface area contributed by atoms with Gasteiger partial charge in [0.15, 0.2) is 0 Å². The van der Waals surface area contributed by atoms with Crippen LogP contribution in [0.25, 0.3) is 22.2 Å². The fraction of sp³-hybridized carbons (Fsp3) is 0.241. The van der Waals surface area contributed by atoms with Gasteiger partial charge in [0.1, 0.15) is 5.82 Å². The largest absolute Gasteiger partial charge is 0.354 e. The van der Waals surface area contributed by atoms with Gasteiger partial charge in [-0.05, 0) is 72.9 Å². The van der Waals surface area contributed by atoms with E-state index in [9.17, 15) is 14.0 Å². The van der Waals surface area contributed by atoms with Crippen LogP contribution in [0.4, 0.5) is 4.39 Å². The number of nitrogens with one attached hydrogen (secondary N) is 2. The van der Waals surface area contributed by atoms with Crippen LogP contribution in [-0.2, 0) is 11.2 Å². The van der Waals surface area contributed by atoms with Gasteiger partial charge in [0.25, 0.3) is 5.91 Å². The average molecular weight is 470 g/mol. The summed E-state index contributed by atoms with van der Waals surface area (Å²) in [5, 5.41) is 4.18. The van der Waals surface area contributed by atoms with Crippen LogP contribution in [-0.4, -0.2) is 40.8 Å². The molecule has 6 heteroatoms. The number of halogens is 1. The standard InChI is InChI=1S/C29H28FN3O2/c30-22-12-10-20(11-13-22)28-25(24-8-4-5-9-26(24)32-28)14-15-27(34)33-18-16-23(17-19-33)31-29(35)21-6-2-1-3-7-21/h1-13,23,32H,14-19H2,(H,31,35). The Bertz CT molecular complexity index is 1320. The lowest BCUT2D eigenvalue weighted by molar-refractivity contribution is -0.132. The fourth-order valence-electron chi connectivity index (χ4n) is 4.84. The normalized spacial score (nSPS) is 14.3. The molecule has 3 aromatic carbocycles. The van der Waals surface area contributed by atoms with E-state index in [1.807, 2.05) is 41.3 Å². The molecular weight excluding hydrogens is 441 g/mol. The van der Waals surface area contributed by atoms with Crippen LogP contribution in [0.2, 0.25) is 0 Å². The maximum absolute atomic E-state index is 13.5. The maximum Gasteiger partial charge on any atom is 0.251 e. The van der Waals surface area contributed by atoms with Crippen molar-refractivity contribution in [3.63, 3.8) is 0 Å². The number of rotatable bonds is 6. The molecule has 1 fully saturated rings. The maximum atomic E-state index is 13.5. The van der Waals surface area contributed by atoms with E-state index in [-0.39, 0.29) is 23.7 Å². The number of carbonyl (C=O) groups excluding carboxylic acids is 2. The molecule has 0 radical (unpaired) electrons. The number of aryl methyl sites for hydroxylation is 1. The van der Waals surface area contributed by atoms with E-state index in [1.165, 1.54) is 12.1 Å². The van der Waals surface area contributed by atoms with E-state index < -0.39 is 0 Å². The molecule has 5 rings (SSSR count). The number of amides is 2. The van der Waals surface area contributed by atoms with Gasteiger partial charge >= 0.3 is 0 Å². The molecule has 0 spiro atoms. The first-order valence-corrected chi connectivity index (χ1v) is 12.1. The third-order valence-corrected chi connectivity index (χ3v) is 6.75. The lowest BCUT2D eigenvalue weighted by Crippen LogP contribution is -2.46. The van der Waals surface area contributed by atoms with E-state index in [0.29, 0.717) is 31.5 Å². The highest BCUT2D eigenvalue weighted by Gasteiger charge is 2.24. The van der Waals surface area contributed by atoms with E-state index in [1.54, 1.807) is 24.3 Å². The predicted octanol–water partition coefficient (Wildman–Crippen LogP) is 5.33. The smallest absolute Gasteiger partial charge is 0.251 e. The Kier molecular flexibility index (Phi) is 6.62. The van der Waals surface area contributed by atoms with Crippen LogP contribution < -0.4 is 5.32 Å². The second-order valence-electron chi connectivity index (χ2n) is 9.03. The number of H-pyrrole nitrogens is 1. The SMILES string of the molecule is O=C(NC1CCN(C(=O)CCc2c(-c3ccc(F)cc3)[nH]c3ccccc23)CC1)c1ccccc1. The Morgan fingerprint density at radius 1 is 0.914 bits per heavy atom. The quantitative estimate of drug-likeness (QED) is 0.401. The number of likely N-dealkylation sites (tertiary alicyclic amines) is 1. The second-order valence-corrected chi connectivity index (χ2v) is 9.03. The lowest BCUT2D eigenvalue weighted by Gasteiger charge is -2.32. The molecule has 35 heavy (non-hydrogen) atoms. The highest BCUT2D eigenvalue weighted by molar-refractivity contribution is 5.94. The molecule has 4 aromatic rings. The molecule has 0 bridgehead atoms. The van der Waals surface area contributed by atoms with Gasteiger partial charge in [-0.2, -0.15) is 0 Å². The zero-order chi connectivity index (χ0) is 24.2. The lowest BCUT2D eigenvalue weighted by atomic mass is 9.99. The van der Waals surface area contributed by atoms with Gasteiger partial charge in [-0.1, -0.05) is 36.4 Å². The van der Waals surface area contributed by atoms with Gasteiger partial charge in [0, 0.05) is 47.7 Å². The third kappa shape index (κ3) is 5.11. The topological polar surface area (TPSA) is 65.2 Å². The predicted molar refractivity (Wildman–Crippen MR) is 136 cm³/mol. The Morgan fingerprint density at radius 2 is 1.60 bits per heavy atom. The monoisotopic (exact) mass is 469 g/mol. The summed E-state index contributed by atoms with van der Waals surface area (Å²) >= 11 is 0. The summed E-state index contributed by atoms with van der Waals surface area (Å²) in [6.45, 7) is 1.27. The van der Waals surface area contributed by atoms with Crippen molar-refractivity contribution in [2.24, 2.45) is 0 Å². The second kappa shape index (κ2) is 10.1. The molecule has 0 saturated carbocycles. The molecule has 0 aliphatic carbocycles. The van der Waals surface area contributed by atoms with Gasteiger partial charge < -0.3 is 15.2 Å². The Hall–Kier alpha value is -3.93. The number of fused-ring (bicyclic) bond motifs is 1.